The van der Waals surface area contributed by atoms with Crippen LogP contribution in [0.4, 0.5) is 5.69 Å². The molecule has 0 spiro atoms. The number of nitrogens with zero attached hydrogens (tertiary/aromatic N) is 1. The lowest BCUT2D eigenvalue weighted by atomic mass is 9.87. The summed E-state index contributed by atoms with van der Waals surface area (Å²) in [7, 11) is 0. The summed E-state index contributed by atoms with van der Waals surface area (Å²) in [5.74, 6) is -1.57. The molecule has 31 heavy (non-hydrogen) atoms. The largest absolute Gasteiger partial charge is 0.455 e. The zero-order valence-electron chi connectivity index (χ0n) is 18.6. The molecule has 0 unspecified atom stereocenters. The van der Waals surface area contributed by atoms with Gasteiger partial charge in [-0.1, -0.05) is 63.2 Å². The molecular weight excluding hydrogens is 392 g/mol. The summed E-state index contributed by atoms with van der Waals surface area (Å²) in [5.41, 5.74) is 2.86. The number of anilines is 1. The van der Waals surface area contributed by atoms with E-state index >= 15 is 0 Å². The van der Waals surface area contributed by atoms with Gasteiger partial charge in [0.1, 0.15) is 0 Å². The highest BCUT2D eigenvalue weighted by molar-refractivity contribution is 5.93. The number of likely N-dealkylation sites (tertiary alicyclic amines) is 1. The van der Waals surface area contributed by atoms with Crippen molar-refractivity contribution in [2.45, 2.75) is 45.6 Å². The van der Waals surface area contributed by atoms with Gasteiger partial charge in [0, 0.05) is 18.7 Å². The van der Waals surface area contributed by atoms with Gasteiger partial charge >= 0.3 is 5.97 Å². The maximum Gasteiger partial charge on any atom is 0.311 e. The molecule has 0 aliphatic carbocycles. The molecule has 3 rings (SSSR count). The zero-order chi connectivity index (χ0) is 22.6. The Hall–Kier alpha value is -3.15. The summed E-state index contributed by atoms with van der Waals surface area (Å²) in [6, 6.07) is 17.2. The molecule has 0 aromatic heterocycles. The Morgan fingerprint density at radius 2 is 1.74 bits per heavy atom. The third-order valence-corrected chi connectivity index (χ3v) is 5.62. The molecule has 1 N–H and O–H groups in total. The van der Waals surface area contributed by atoms with Gasteiger partial charge in [0.15, 0.2) is 6.61 Å². The van der Waals surface area contributed by atoms with Gasteiger partial charge < -0.3 is 15.0 Å². The number of hydrogen-bond acceptors (Lipinski definition) is 4. The van der Waals surface area contributed by atoms with Crippen molar-refractivity contribution in [2.24, 2.45) is 5.92 Å². The van der Waals surface area contributed by atoms with Gasteiger partial charge in [0.2, 0.25) is 5.91 Å². The number of ether oxygens (including phenoxy) is 1. The number of carbonyl (C=O) groups excluding carboxylic acids is 3. The molecule has 0 saturated carbocycles. The van der Waals surface area contributed by atoms with E-state index < -0.39 is 17.8 Å². The maximum atomic E-state index is 12.4. The van der Waals surface area contributed by atoms with Crippen LogP contribution in [0.1, 0.15) is 51.3 Å². The second-order valence-electron chi connectivity index (χ2n) is 9.02. The van der Waals surface area contributed by atoms with Gasteiger partial charge in [-0.05, 0) is 35.6 Å². The highest BCUT2D eigenvalue weighted by atomic mass is 16.5. The Labute approximate surface area is 183 Å². The molecule has 2 atom stereocenters. The van der Waals surface area contributed by atoms with Gasteiger partial charge in [-0.15, -0.1) is 0 Å². The molecule has 2 amide bonds. The smallest absolute Gasteiger partial charge is 0.311 e. The van der Waals surface area contributed by atoms with Crippen LogP contribution in [0.2, 0.25) is 0 Å². The van der Waals surface area contributed by atoms with E-state index in [0.717, 1.165) is 11.1 Å². The van der Waals surface area contributed by atoms with E-state index in [1.807, 2.05) is 61.5 Å². The Kier molecular flexibility index (Phi) is 6.78. The molecule has 1 heterocycles. The highest BCUT2D eigenvalue weighted by Gasteiger charge is 2.38. The average molecular weight is 423 g/mol. The number of nitrogens with one attached hydrogen (secondary N) is 1. The van der Waals surface area contributed by atoms with Crippen molar-refractivity contribution in [3.63, 3.8) is 0 Å². The minimum Gasteiger partial charge on any atom is -0.455 e. The Morgan fingerprint density at radius 1 is 1.10 bits per heavy atom. The van der Waals surface area contributed by atoms with Crippen LogP contribution < -0.4 is 5.32 Å². The van der Waals surface area contributed by atoms with Crippen molar-refractivity contribution in [3.05, 3.63) is 65.7 Å². The molecule has 6 heteroatoms. The zero-order valence-corrected chi connectivity index (χ0v) is 18.6. The summed E-state index contributed by atoms with van der Waals surface area (Å²) >= 11 is 0. The van der Waals surface area contributed by atoms with Gasteiger partial charge in [0.05, 0.1) is 12.0 Å². The predicted octanol–water partition coefficient (Wildman–Crippen LogP) is 4.08. The summed E-state index contributed by atoms with van der Waals surface area (Å²) in [6.45, 7) is 8.22. The van der Waals surface area contributed by atoms with E-state index in [9.17, 15) is 14.4 Å². The van der Waals surface area contributed by atoms with Gasteiger partial charge in [-0.25, -0.2) is 0 Å². The molecule has 6 nitrogen and oxygen atoms in total. The summed E-state index contributed by atoms with van der Waals surface area (Å²) in [4.78, 5) is 38.7. The number of carbonyl (C=O) groups is 3. The van der Waals surface area contributed by atoms with E-state index in [2.05, 4.69) is 26.1 Å². The normalized spacial score (nSPS) is 17.4. The van der Waals surface area contributed by atoms with Crippen molar-refractivity contribution >= 4 is 23.5 Å². The molecule has 1 saturated heterocycles. The summed E-state index contributed by atoms with van der Waals surface area (Å²) in [6.07, 6.45) is 0.103. The second kappa shape index (κ2) is 9.33. The van der Waals surface area contributed by atoms with Gasteiger partial charge in [-0.3, -0.25) is 14.4 Å². The van der Waals surface area contributed by atoms with Crippen LogP contribution in [0.3, 0.4) is 0 Å². The first-order valence-corrected chi connectivity index (χ1v) is 10.6. The van der Waals surface area contributed by atoms with Crippen molar-refractivity contribution < 1.29 is 19.1 Å². The lowest BCUT2D eigenvalue weighted by Crippen LogP contribution is -2.30. The van der Waals surface area contributed by atoms with Crippen LogP contribution in [0, 0.1) is 5.92 Å². The molecule has 1 aliphatic heterocycles. The fourth-order valence-corrected chi connectivity index (χ4v) is 3.68. The van der Waals surface area contributed by atoms with E-state index in [-0.39, 0.29) is 30.4 Å². The average Bonchev–Trinajstić information content (AvgIpc) is 3.13. The standard InChI is InChI=1S/C25H30N2O4/c1-17(18-8-6-5-7-9-18)27-15-19(14-23(27)29)24(30)31-16-22(28)26-21-12-10-20(11-13-21)25(2,3)4/h5-13,17,19H,14-16H2,1-4H3,(H,26,28)/t17-,19+/m0/s1. The van der Waals surface area contributed by atoms with Crippen LogP contribution in [0.15, 0.2) is 54.6 Å². The van der Waals surface area contributed by atoms with Crippen LogP contribution in [0.25, 0.3) is 0 Å². The SMILES string of the molecule is C[C@@H](c1ccccc1)N1C[C@H](C(=O)OCC(=O)Nc2ccc(C(C)(C)C)cc2)CC1=O. The third-order valence-electron chi connectivity index (χ3n) is 5.62. The number of amides is 2. The Morgan fingerprint density at radius 3 is 2.35 bits per heavy atom. The molecule has 1 aliphatic rings. The summed E-state index contributed by atoms with van der Waals surface area (Å²) < 4.78 is 5.19. The number of rotatable bonds is 6. The molecular formula is C25H30N2O4. The van der Waals surface area contributed by atoms with E-state index in [1.54, 1.807) is 4.90 Å². The Balaban J connectivity index is 1.49. The van der Waals surface area contributed by atoms with E-state index in [0.29, 0.717) is 12.2 Å². The quantitative estimate of drug-likeness (QED) is 0.712. The van der Waals surface area contributed by atoms with Crippen LogP contribution in [0.5, 0.6) is 0 Å². The first-order valence-electron chi connectivity index (χ1n) is 10.6. The van der Waals surface area contributed by atoms with E-state index in [1.165, 1.54) is 0 Å². The van der Waals surface area contributed by atoms with Crippen LogP contribution in [-0.4, -0.2) is 35.8 Å². The topological polar surface area (TPSA) is 75.7 Å². The van der Waals surface area contributed by atoms with Gasteiger partial charge in [-0.2, -0.15) is 0 Å². The second-order valence-corrected chi connectivity index (χ2v) is 9.02. The minimum atomic E-state index is -0.558. The predicted molar refractivity (Wildman–Crippen MR) is 119 cm³/mol. The molecule has 2 aromatic rings. The lowest BCUT2D eigenvalue weighted by Gasteiger charge is -2.25. The Bertz CT molecular complexity index is 932. The highest BCUT2D eigenvalue weighted by Crippen LogP contribution is 2.29. The fourth-order valence-electron chi connectivity index (χ4n) is 3.68. The number of esters is 1. The number of hydrogen-bond donors (Lipinski definition) is 1. The van der Waals surface area contributed by atoms with Gasteiger partial charge in [0.25, 0.3) is 5.91 Å². The first-order chi connectivity index (χ1) is 14.6. The molecule has 0 bridgehead atoms. The minimum absolute atomic E-state index is 0.0304. The molecule has 1 fully saturated rings. The van der Waals surface area contributed by atoms with E-state index in [4.69, 9.17) is 4.74 Å². The molecule has 0 radical (unpaired) electrons. The summed E-state index contributed by atoms with van der Waals surface area (Å²) in [5, 5.41) is 2.73. The van der Waals surface area contributed by atoms with Crippen LogP contribution >= 0.6 is 0 Å². The van der Waals surface area contributed by atoms with Crippen molar-refractivity contribution in [1.29, 1.82) is 0 Å². The molecule has 164 valence electrons. The van der Waals surface area contributed by atoms with Crippen molar-refractivity contribution in [3.8, 4) is 0 Å². The first kappa shape index (κ1) is 22.5. The number of benzene rings is 2. The lowest BCUT2D eigenvalue weighted by molar-refractivity contribution is -0.151. The monoisotopic (exact) mass is 422 g/mol. The molecule has 2 aromatic carbocycles. The van der Waals surface area contributed by atoms with Crippen molar-refractivity contribution in [1.82, 2.24) is 4.90 Å². The third kappa shape index (κ3) is 5.72. The van der Waals surface area contributed by atoms with Crippen molar-refractivity contribution in [2.75, 3.05) is 18.5 Å². The fraction of sp³-hybridized carbons (Fsp3) is 0.400. The van der Waals surface area contributed by atoms with Crippen LogP contribution in [-0.2, 0) is 24.5 Å². The maximum absolute atomic E-state index is 12.4.